The molecule has 0 saturated heterocycles. The normalized spacial score (nSPS) is 12.6. The van der Waals surface area contributed by atoms with E-state index in [0.717, 1.165) is 6.42 Å². The van der Waals surface area contributed by atoms with Crippen molar-refractivity contribution >= 4 is 11.8 Å². The average Bonchev–Trinajstić information content (AvgIpc) is 3.05. The first-order valence-corrected chi connectivity index (χ1v) is 9.64. The standard InChI is InChI=1S/C20H35N3O5/c1-15(12-20(2,3)4)11-18(24)23(8-10-27-6)13-17-22-16(14-28-17)19(25)21-7-9-26-5/h14-15H,7-13H2,1-6H3,(H,21,25)/t15-/m1/s1. The van der Waals surface area contributed by atoms with Crippen LogP contribution in [0.2, 0.25) is 0 Å². The summed E-state index contributed by atoms with van der Waals surface area (Å²) in [4.78, 5) is 30.7. The van der Waals surface area contributed by atoms with Crippen LogP contribution in [0.3, 0.4) is 0 Å². The second kappa shape index (κ2) is 11.8. The lowest BCUT2D eigenvalue weighted by molar-refractivity contribution is -0.133. The molecule has 1 N–H and O–H groups in total. The predicted octanol–water partition coefficient (Wildman–Crippen LogP) is 2.49. The van der Waals surface area contributed by atoms with Gasteiger partial charge in [0.15, 0.2) is 5.69 Å². The number of nitrogens with zero attached hydrogens (tertiary/aromatic N) is 2. The van der Waals surface area contributed by atoms with Crippen molar-refractivity contribution in [1.29, 1.82) is 0 Å². The number of nitrogens with one attached hydrogen (secondary N) is 1. The summed E-state index contributed by atoms with van der Waals surface area (Å²) in [7, 11) is 3.16. The monoisotopic (exact) mass is 397 g/mol. The Bertz CT molecular complexity index is 609. The zero-order valence-electron chi connectivity index (χ0n) is 18.0. The Morgan fingerprint density at radius 3 is 2.54 bits per heavy atom. The highest BCUT2D eigenvalue weighted by molar-refractivity contribution is 5.91. The van der Waals surface area contributed by atoms with Crippen molar-refractivity contribution < 1.29 is 23.5 Å². The molecule has 0 unspecified atom stereocenters. The molecule has 0 spiro atoms. The van der Waals surface area contributed by atoms with Crippen LogP contribution in [-0.2, 0) is 20.8 Å². The van der Waals surface area contributed by atoms with E-state index < -0.39 is 0 Å². The molecule has 0 fully saturated rings. The molecule has 28 heavy (non-hydrogen) atoms. The smallest absolute Gasteiger partial charge is 0.273 e. The van der Waals surface area contributed by atoms with Crippen molar-refractivity contribution in [3.05, 3.63) is 17.8 Å². The zero-order chi connectivity index (χ0) is 21.2. The first-order valence-electron chi connectivity index (χ1n) is 9.64. The number of carbonyl (C=O) groups excluding carboxylic acids is 2. The number of amides is 2. The van der Waals surface area contributed by atoms with Gasteiger partial charge in [-0.15, -0.1) is 0 Å². The molecule has 8 heteroatoms. The minimum Gasteiger partial charge on any atom is -0.446 e. The molecule has 0 aliphatic carbocycles. The van der Waals surface area contributed by atoms with Crippen molar-refractivity contribution in [3.8, 4) is 0 Å². The van der Waals surface area contributed by atoms with Gasteiger partial charge in [0.2, 0.25) is 11.8 Å². The van der Waals surface area contributed by atoms with Crippen molar-refractivity contribution in [3.63, 3.8) is 0 Å². The van der Waals surface area contributed by atoms with Crippen LogP contribution in [-0.4, -0.2) is 62.2 Å². The Morgan fingerprint density at radius 2 is 1.93 bits per heavy atom. The molecule has 0 bridgehead atoms. The van der Waals surface area contributed by atoms with Gasteiger partial charge in [-0.1, -0.05) is 27.7 Å². The number of rotatable bonds is 12. The Labute approximate surface area is 168 Å². The Balaban J connectivity index is 2.70. The lowest BCUT2D eigenvalue weighted by atomic mass is 9.84. The molecule has 0 saturated carbocycles. The zero-order valence-corrected chi connectivity index (χ0v) is 18.0. The van der Waals surface area contributed by atoms with Gasteiger partial charge in [-0.3, -0.25) is 9.59 Å². The highest BCUT2D eigenvalue weighted by atomic mass is 16.5. The molecular weight excluding hydrogens is 362 g/mol. The molecule has 0 radical (unpaired) electrons. The molecule has 0 aromatic carbocycles. The fourth-order valence-electron chi connectivity index (χ4n) is 3.05. The maximum Gasteiger partial charge on any atom is 0.273 e. The van der Waals surface area contributed by atoms with Crippen LogP contribution >= 0.6 is 0 Å². The van der Waals surface area contributed by atoms with E-state index >= 15 is 0 Å². The average molecular weight is 398 g/mol. The summed E-state index contributed by atoms with van der Waals surface area (Å²) >= 11 is 0. The quantitative estimate of drug-likeness (QED) is 0.545. The van der Waals surface area contributed by atoms with E-state index in [1.165, 1.54) is 6.26 Å². The van der Waals surface area contributed by atoms with E-state index in [1.807, 2.05) is 0 Å². The number of methoxy groups -OCH3 is 2. The van der Waals surface area contributed by atoms with Crippen LogP contribution in [0.25, 0.3) is 0 Å². The van der Waals surface area contributed by atoms with Crippen molar-refractivity contribution in [2.75, 3.05) is 40.5 Å². The number of hydrogen-bond donors (Lipinski definition) is 1. The number of aromatic nitrogens is 1. The minimum absolute atomic E-state index is 0.0260. The second-order valence-electron chi connectivity index (χ2n) is 8.26. The molecule has 1 rings (SSSR count). The summed E-state index contributed by atoms with van der Waals surface area (Å²) < 4.78 is 15.4. The summed E-state index contributed by atoms with van der Waals surface area (Å²) in [5, 5.41) is 2.68. The van der Waals surface area contributed by atoms with Gasteiger partial charge in [0.25, 0.3) is 5.91 Å². The van der Waals surface area contributed by atoms with E-state index in [2.05, 4.69) is 38.0 Å². The summed E-state index contributed by atoms with van der Waals surface area (Å²) in [5.74, 6) is 0.285. The summed E-state index contributed by atoms with van der Waals surface area (Å²) in [6.07, 6.45) is 2.71. The topological polar surface area (TPSA) is 93.9 Å². The van der Waals surface area contributed by atoms with Gasteiger partial charge < -0.3 is 24.1 Å². The highest BCUT2D eigenvalue weighted by Gasteiger charge is 2.23. The van der Waals surface area contributed by atoms with Crippen molar-refractivity contribution in [1.82, 2.24) is 15.2 Å². The Hall–Kier alpha value is -1.93. The molecule has 1 aromatic heterocycles. The van der Waals surface area contributed by atoms with Crippen LogP contribution in [0.5, 0.6) is 0 Å². The van der Waals surface area contributed by atoms with Crippen LogP contribution in [0.15, 0.2) is 10.7 Å². The van der Waals surface area contributed by atoms with Crippen LogP contribution in [0, 0.1) is 11.3 Å². The summed E-state index contributed by atoms with van der Waals surface area (Å²) in [5.41, 5.74) is 0.358. The van der Waals surface area contributed by atoms with E-state index in [9.17, 15) is 9.59 Å². The summed E-state index contributed by atoms with van der Waals surface area (Å²) in [6.45, 7) is 10.5. The third-order valence-electron chi connectivity index (χ3n) is 4.10. The Morgan fingerprint density at radius 1 is 1.25 bits per heavy atom. The molecule has 1 aromatic rings. The van der Waals surface area contributed by atoms with E-state index in [0.29, 0.717) is 38.6 Å². The first-order chi connectivity index (χ1) is 13.2. The van der Waals surface area contributed by atoms with Gasteiger partial charge >= 0.3 is 0 Å². The molecular formula is C20H35N3O5. The van der Waals surface area contributed by atoms with Gasteiger partial charge in [-0.2, -0.15) is 0 Å². The minimum atomic E-state index is -0.333. The SMILES string of the molecule is COCCNC(=O)c1coc(CN(CCOC)C(=O)C[C@@H](C)CC(C)(C)C)n1. The second-order valence-corrected chi connectivity index (χ2v) is 8.26. The molecule has 1 atom stereocenters. The molecule has 160 valence electrons. The van der Waals surface area contributed by atoms with E-state index in [-0.39, 0.29) is 35.4 Å². The van der Waals surface area contributed by atoms with E-state index in [4.69, 9.17) is 13.9 Å². The lowest BCUT2D eigenvalue weighted by Gasteiger charge is -2.26. The highest BCUT2D eigenvalue weighted by Crippen LogP contribution is 2.26. The first kappa shape index (κ1) is 24.1. The number of oxazole rings is 1. The van der Waals surface area contributed by atoms with E-state index in [1.54, 1.807) is 19.1 Å². The molecule has 2 amide bonds. The molecule has 0 aliphatic rings. The number of ether oxygens (including phenoxy) is 2. The van der Waals surface area contributed by atoms with Gasteiger partial charge in [0, 0.05) is 33.7 Å². The maximum absolute atomic E-state index is 12.8. The molecule has 0 aliphatic heterocycles. The van der Waals surface area contributed by atoms with Crippen LogP contribution in [0.4, 0.5) is 0 Å². The van der Waals surface area contributed by atoms with Crippen LogP contribution in [0.1, 0.15) is 56.9 Å². The number of carbonyl (C=O) groups is 2. The fraction of sp³-hybridized carbons (Fsp3) is 0.750. The fourth-order valence-corrected chi connectivity index (χ4v) is 3.05. The van der Waals surface area contributed by atoms with Gasteiger partial charge in [-0.25, -0.2) is 4.98 Å². The maximum atomic E-state index is 12.8. The predicted molar refractivity (Wildman–Crippen MR) is 106 cm³/mol. The van der Waals surface area contributed by atoms with Crippen LogP contribution < -0.4 is 5.32 Å². The number of hydrogen-bond acceptors (Lipinski definition) is 6. The third-order valence-corrected chi connectivity index (χ3v) is 4.10. The Kier molecular flexibility index (Phi) is 10.2. The largest absolute Gasteiger partial charge is 0.446 e. The molecule has 8 nitrogen and oxygen atoms in total. The van der Waals surface area contributed by atoms with Gasteiger partial charge in [0.1, 0.15) is 6.26 Å². The van der Waals surface area contributed by atoms with Crippen molar-refractivity contribution in [2.24, 2.45) is 11.3 Å². The van der Waals surface area contributed by atoms with Crippen molar-refractivity contribution in [2.45, 2.75) is 47.1 Å². The lowest BCUT2D eigenvalue weighted by Crippen LogP contribution is -2.35. The third kappa shape index (κ3) is 9.32. The summed E-state index contributed by atoms with van der Waals surface area (Å²) in [6, 6.07) is 0. The van der Waals surface area contributed by atoms with Gasteiger partial charge in [0.05, 0.1) is 19.8 Å². The molecule has 1 heterocycles. The van der Waals surface area contributed by atoms with Gasteiger partial charge in [-0.05, 0) is 17.8 Å².